The summed E-state index contributed by atoms with van der Waals surface area (Å²) in [4.78, 5) is 30.6. The van der Waals surface area contributed by atoms with Crippen LogP contribution in [0.5, 0.6) is 5.75 Å². The number of nitrogens with zero attached hydrogens (tertiary/aromatic N) is 1. The van der Waals surface area contributed by atoms with Gasteiger partial charge in [0, 0.05) is 36.7 Å². The normalized spacial score (nSPS) is 18.8. The van der Waals surface area contributed by atoms with Gasteiger partial charge in [0.15, 0.2) is 5.75 Å². The average Bonchev–Trinajstić information content (AvgIpc) is 3.12. The van der Waals surface area contributed by atoms with Crippen molar-refractivity contribution in [3.05, 3.63) is 50.1 Å². The lowest BCUT2D eigenvalue weighted by molar-refractivity contribution is -0.0926. The second-order valence-corrected chi connectivity index (χ2v) is 7.42. The molecule has 0 aliphatic carbocycles. The Morgan fingerprint density at radius 1 is 1.40 bits per heavy atom. The predicted octanol–water partition coefficient (Wildman–Crippen LogP) is 2.15. The van der Waals surface area contributed by atoms with Gasteiger partial charge in [-0.15, -0.1) is 11.3 Å². The lowest BCUT2D eigenvalue weighted by atomic mass is 9.82. The van der Waals surface area contributed by atoms with Crippen LogP contribution in [0.1, 0.15) is 33.8 Å². The summed E-state index contributed by atoms with van der Waals surface area (Å²) >= 11 is 1.79. The van der Waals surface area contributed by atoms with Crippen LogP contribution in [-0.4, -0.2) is 42.6 Å². The zero-order chi connectivity index (χ0) is 17.4. The van der Waals surface area contributed by atoms with Gasteiger partial charge >= 0.3 is 0 Å². The molecule has 1 N–H and O–H groups in total. The van der Waals surface area contributed by atoms with Gasteiger partial charge in [-0.1, -0.05) is 0 Å². The SMILES string of the molecule is COc1c[nH]c(C(=O)N2CCC3(CC2)OCCc2sccc23)cc1=O. The Bertz CT molecular complexity index is 849. The van der Waals surface area contributed by atoms with Gasteiger partial charge in [0.2, 0.25) is 5.43 Å². The van der Waals surface area contributed by atoms with Crippen LogP contribution >= 0.6 is 11.3 Å². The highest BCUT2D eigenvalue weighted by Crippen LogP contribution is 2.43. The summed E-state index contributed by atoms with van der Waals surface area (Å²) in [5.41, 5.74) is 1.05. The zero-order valence-corrected chi connectivity index (χ0v) is 14.9. The summed E-state index contributed by atoms with van der Waals surface area (Å²) in [5.74, 6) is 0.0469. The van der Waals surface area contributed by atoms with E-state index in [2.05, 4.69) is 16.4 Å². The molecule has 2 aromatic heterocycles. The zero-order valence-electron chi connectivity index (χ0n) is 14.0. The first-order chi connectivity index (χ1) is 12.1. The van der Waals surface area contributed by atoms with Crippen LogP contribution in [-0.2, 0) is 16.8 Å². The molecule has 4 heterocycles. The van der Waals surface area contributed by atoms with E-state index in [1.54, 1.807) is 16.2 Å². The number of carbonyl (C=O) groups is 1. The molecule has 1 fully saturated rings. The number of hydrogen-bond acceptors (Lipinski definition) is 5. The molecule has 0 aromatic carbocycles. The Morgan fingerprint density at radius 3 is 2.92 bits per heavy atom. The van der Waals surface area contributed by atoms with Gasteiger partial charge in [-0.3, -0.25) is 9.59 Å². The van der Waals surface area contributed by atoms with Gasteiger partial charge in [0.05, 0.1) is 19.3 Å². The van der Waals surface area contributed by atoms with Crippen molar-refractivity contribution in [3.8, 4) is 5.75 Å². The standard InChI is InChI=1S/C18H20N2O4S/c1-23-15-11-19-13(10-14(15)21)17(22)20-6-4-18(5-7-20)12-3-9-25-16(12)2-8-24-18/h3,9-11H,2,4-8H2,1H3,(H,19,21). The second-order valence-electron chi connectivity index (χ2n) is 6.42. The predicted molar refractivity (Wildman–Crippen MR) is 94.4 cm³/mol. The quantitative estimate of drug-likeness (QED) is 0.891. The van der Waals surface area contributed by atoms with E-state index in [1.165, 1.54) is 29.8 Å². The van der Waals surface area contributed by atoms with Crippen LogP contribution < -0.4 is 10.2 Å². The minimum absolute atomic E-state index is 0.157. The van der Waals surface area contributed by atoms with Crippen LogP contribution in [0.3, 0.4) is 0 Å². The molecule has 6 nitrogen and oxygen atoms in total. The summed E-state index contributed by atoms with van der Waals surface area (Å²) < 4.78 is 11.1. The molecule has 0 bridgehead atoms. The highest BCUT2D eigenvalue weighted by molar-refractivity contribution is 7.10. The van der Waals surface area contributed by atoms with Crippen molar-refractivity contribution in [1.29, 1.82) is 0 Å². The minimum atomic E-state index is -0.295. The average molecular weight is 360 g/mol. The first-order valence-corrected chi connectivity index (χ1v) is 9.28. The Labute approximate surface area is 149 Å². The van der Waals surface area contributed by atoms with Crippen LogP contribution in [0.2, 0.25) is 0 Å². The number of fused-ring (bicyclic) bond motifs is 2. The fraction of sp³-hybridized carbons (Fsp3) is 0.444. The maximum Gasteiger partial charge on any atom is 0.270 e. The molecule has 2 aromatic rings. The van der Waals surface area contributed by atoms with Crippen LogP contribution in [0.25, 0.3) is 0 Å². The molecule has 1 spiro atoms. The topological polar surface area (TPSA) is 71.6 Å². The molecule has 132 valence electrons. The van der Waals surface area contributed by atoms with E-state index >= 15 is 0 Å². The Hall–Kier alpha value is -2.12. The molecule has 0 unspecified atom stereocenters. The van der Waals surface area contributed by atoms with Gasteiger partial charge in [-0.05, 0) is 29.9 Å². The number of amides is 1. The van der Waals surface area contributed by atoms with Gasteiger partial charge < -0.3 is 19.4 Å². The van der Waals surface area contributed by atoms with Gasteiger partial charge in [-0.25, -0.2) is 0 Å². The number of rotatable bonds is 2. The number of hydrogen-bond donors (Lipinski definition) is 1. The number of thiophene rings is 1. The van der Waals surface area contributed by atoms with Gasteiger partial charge in [-0.2, -0.15) is 0 Å². The van der Waals surface area contributed by atoms with Crippen molar-refractivity contribution < 1.29 is 14.3 Å². The van der Waals surface area contributed by atoms with Crippen molar-refractivity contribution in [2.24, 2.45) is 0 Å². The van der Waals surface area contributed by atoms with Crippen molar-refractivity contribution in [1.82, 2.24) is 9.88 Å². The number of carbonyl (C=O) groups excluding carboxylic acids is 1. The summed E-state index contributed by atoms with van der Waals surface area (Å²) in [6, 6.07) is 3.47. The first-order valence-electron chi connectivity index (χ1n) is 8.40. The fourth-order valence-electron chi connectivity index (χ4n) is 3.75. The second kappa shape index (κ2) is 6.31. The number of ether oxygens (including phenoxy) is 2. The number of methoxy groups -OCH3 is 1. The number of aromatic amines is 1. The highest BCUT2D eigenvalue weighted by Gasteiger charge is 2.42. The Balaban J connectivity index is 1.50. The summed E-state index contributed by atoms with van der Waals surface area (Å²) in [7, 11) is 1.43. The van der Waals surface area contributed by atoms with E-state index in [0.29, 0.717) is 18.8 Å². The molecule has 4 rings (SSSR count). The minimum Gasteiger partial charge on any atom is -0.491 e. The number of likely N-dealkylation sites (tertiary alicyclic amines) is 1. The van der Waals surface area contributed by atoms with E-state index in [9.17, 15) is 9.59 Å². The van der Waals surface area contributed by atoms with Crippen molar-refractivity contribution >= 4 is 17.2 Å². The van der Waals surface area contributed by atoms with Crippen LogP contribution in [0.4, 0.5) is 0 Å². The number of H-pyrrole nitrogens is 1. The number of piperidine rings is 1. The lowest BCUT2D eigenvalue weighted by Gasteiger charge is -2.44. The number of pyridine rings is 1. The molecule has 7 heteroatoms. The third-order valence-corrected chi connectivity index (χ3v) is 6.11. The van der Waals surface area contributed by atoms with E-state index in [4.69, 9.17) is 9.47 Å². The van der Waals surface area contributed by atoms with Gasteiger partial charge in [0.25, 0.3) is 5.91 Å². The largest absolute Gasteiger partial charge is 0.491 e. The van der Waals surface area contributed by atoms with Crippen molar-refractivity contribution in [2.75, 3.05) is 26.8 Å². The monoisotopic (exact) mass is 360 g/mol. The molecular weight excluding hydrogens is 340 g/mol. The molecule has 2 aliphatic heterocycles. The summed E-state index contributed by atoms with van der Waals surface area (Å²) in [6.45, 7) is 1.97. The van der Waals surface area contributed by atoms with E-state index < -0.39 is 0 Å². The molecule has 0 radical (unpaired) electrons. The van der Waals surface area contributed by atoms with E-state index in [-0.39, 0.29) is 22.7 Å². The maximum atomic E-state index is 12.7. The van der Waals surface area contributed by atoms with Crippen LogP contribution in [0.15, 0.2) is 28.5 Å². The number of nitrogens with one attached hydrogen (secondary N) is 1. The third-order valence-electron chi connectivity index (χ3n) is 5.13. The molecule has 1 saturated heterocycles. The van der Waals surface area contributed by atoms with E-state index in [1.807, 2.05) is 0 Å². The fourth-order valence-corrected chi connectivity index (χ4v) is 4.70. The van der Waals surface area contributed by atoms with Crippen molar-refractivity contribution in [2.45, 2.75) is 24.9 Å². The highest BCUT2D eigenvalue weighted by atomic mass is 32.1. The molecule has 1 amide bonds. The maximum absolute atomic E-state index is 12.7. The van der Waals surface area contributed by atoms with Crippen molar-refractivity contribution in [3.63, 3.8) is 0 Å². The molecule has 25 heavy (non-hydrogen) atoms. The molecular formula is C18H20N2O4S. The molecule has 2 aliphatic rings. The van der Waals surface area contributed by atoms with Crippen LogP contribution in [0, 0.1) is 0 Å². The number of aromatic nitrogens is 1. The summed E-state index contributed by atoms with van der Waals surface area (Å²) in [6.07, 6.45) is 3.97. The summed E-state index contributed by atoms with van der Waals surface area (Å²) in [5, 5.41) is 2.13. The lowest BCUT2D eigenvalue weighted by Crippen LogP contribution is -2.48. The Morgan fingerprint density at radius 2 is 2.20 bits per heavy atom. The van der Waals surface area contributed by atoms with Gasteiger partial charge in [0.1, 0.15) is 5.69 Å². The molecule has 0 atom stereocenters. The third kappa shape index (κ3) is 2.77. The first kappa shape index (κ1) is 16.4. The Kier molecular flexibility index (Phi) is 4.13. The smallest absolute Gasteiger partial charge is 0.270 e. The molecule has 0 saturated carbocycles. The van der Waals surface area contributed by atoms with E-state index in [0.717, 1.165) is 25.9 Å².